The van der Waals surface area contributed by atoms with Gasteiger partial charge in [-0.3, -0.25) is 0 Å². The number of imidazole rings is 1. The van der Waals surface area contributed by atoms with Crippen molar-refractivity contribution in [1.29, 1.82) is 0 Å². The lowest BCUT2D eigenvalue weighted by atomic mass is 10.2. The Morgan fingerprint density at radius 1 is 1.32 bits per heavy atom. The van der Waals surface area contributed by atoms with Gasteiger partial charge in [-0.05, 0) is 18.2 Å². The summed E-state index contributed by atoms with van der Waals surface area (Å²) in [5.41, 5.74) is 9.43. The van der Waals surface area contributed by atoms with E-state index in [0.29, 0.717) is 12.5 Å². The van der Waals surface area contributed by atoms with E-state index in [1.165, 1.54) is 0 Å². The molecule has 2 heterocycles. The van der Waals surface area contributed by atoms with Gasteiger partial charge in [-0.2, -0.15) is 0 Å². The zero-order chi connectivity index (χ0) is 13.4. The molecule has 0 bridgehead atoms. The van der Waals surface area contributed by atoms with Crippen molar-refractivity contribution in [3.8, 4) is 0 Å². The maximum absolute atomic E-state index is 5.82. The fraction of sp³-hybridized carbons (Fsp3) is 0.286. The monoisotopic (exact) mass is 256 g/mol. The highest BCUT2D eigenvalue weighted by atomic mass is 16.5. The number of fused-ring (bicyclic) bond motifs is 1. The van der Waals surface area contributed by atoms with Gasteiger partial charge in [-0.25, -0.2) is 4.98 Å². The Balaban J connectivity index is 2.16. The van der Waals surface area contributed by atoms with Crippen LogP contribution in [0.15, 0.2) is 35.1 Å². The third-order valence-electron chi connectivity index (χ3n) is 3.13. The van der Waals surface area contributed by atoms with Gasteiger partial charge in [0.25, 0.3) is 0 Å². The van der Waals surface area contributed by atoms with Crippen LogP contribution in [0.1, 0.15) is 31.3 Å². The topological polar surface area (TPSA) is 69.9 Å². The van der Waals surface area contributed by atoms with Crippen molar-refractivity contribution in [2.45, 2.75) is 26.3 Å². The van der Waals surface area contributed by atoms with Gasteiger partial charge >= 0.3 is 0 Å². The Hall–Kier alpha value is -2.30. The minimum atomic E-state index is 0.334. The molecule has 5 nitrogen and oxygen atoms in total. The molecule has 0 amide bonds. The summed E-state index contributed by atoms with van der Waals surface area (Å²) >= 11 is 0. The van der Waals surface area contributed by atoms with Crippen LogP contribution >= 0.6 is 0 Å². The summed E-state index contributed by atoms with van der Waals surface area (Å²) < 4.78 is 7.06. The fourth-order valence-electron chi connectivity index (χ4n) is 2.25. The first-order chi connectivity index (χ1) is 9.15. The average molecular weight is 256 g/mol. The molecular weight excluding hydrogens is 240 g/mol. The highest BCUT2D eigenvalue weighted by Gasteiger charge is 2.14. The minimum absolute atomic E-state index is 0.334. The lowest BCUT2D eigenvalue weighted by Gasteiger charge is -2.09. The Kier molecular flexibility index (Phi) is 2.74. The van der Waals surface area contributed by atoms with Crippen LogP contribution in [-0.4, -0.2) is 14.7 Å². The zero-order valence-electron chi connectivity index (χ0n) is 11.0. The molecule has 0 saturated heterocycles. The number of aromatic nitrogens is 3. The zero-order valence-corrected chi connectivity index (χ0v) is 11.0. The predicted octanol–water partition coefficient (Wildman–Crippen LogP) is 2.78. The second-order valence-electron chi connectivity index (χ2n) is 4.95. The van der Waals surface area contributed by atoms with E-state index in [9.17, 15) is 0 Å². The van der Waals surface area contributed by atoms with Gasteiger partial charge in [0.15, 0.2) is 0 Å². The van der Waals surface area contributed by atoms with Crippen LogP contribution in [0.25, 0.3) is 11.0 Å². The Morgan fingerprint density at radius 3 is 2.84 bits per heavy atom. The maximum atomic E-state index is 5.82. The van der Waals surface area contributed by atoms with Crippen molar-refractivity contribution in [2.24, 2.45) is 0 Å². The summed E-state index contributed by atoms with van der Waals surface area (Å²) in [6.45, 7) is 4.91. The molecule has 98 valence electrons. The Morgan fingerprint density at radius 2 is 2.16 bits per heavy atom. The largest absolute Gasteiger partial charge is 0.399 e. The molecule has 0 aliphatic carbocycles. The van der Waals surface area contributed by atoms with Crippen molar-refractivity contribution in [2.75, 3.05) is 5.73 Å². The Bertz CT molecular complexity index is 698. The maximum Gasteiger partial charge on any atom is 0.124 e. The van der Waals surface area contributed by atoms with Crippen LogP contribution < -0.4 is 5.73 Å². The van der Waals surface area contributed by atoms with Crippen LogP contribution in [-0.2, 0) is 6.54 Å². The van der Waals surface area contributed by atoms with Crippen LogP contribution in [0.2, 0.25) is 0 Å². The van der Waals surface area contributed by atoms with Gasteiger partial charge in [-0.15, -0.1) is 0 Å². The quantitative estimate of drug-likeness (QED) is 0.731. The second-order valence-corrected chi connectivity index (χ2v) is 4.95. The molecule has 0 aliphatic heterocycles. The highest BCUT2D eigenvalue weighted by molar-refractivity contribution is 5.79. The highest BCUT2D eigenvalue weighted by Crippen LogP contribution is 2.24. The minimum Gasteiger partial charge on any atom is -0.399 e. The molecule has 0 spiro atoms. The van der Waals surface area contributed by atoms with E-state index < -0.39 is 0 Å². The molecule has 0 atom stereocenters. The third-order valence-corrected chi connectivity index (χ3v) is 3.13. The van der Waals surface area contributed by atoms with Crippen molar-refractivity contribution in [3.63, 3.8) is 0 Å². The van der Waals surface area contributed by atoms with Crippen LogP contribution in [0.3, 0.4) is 0 Å². The molecule has 3 aromatic rings. The van der Waals surface area contributed by atoms with E-state index in [0.717, 1.165) is 28.2 Å². The molecule has 3 rings (SSSR count). The first-order valence-electron chi connectivity index (χ1n) is 6.30. The van der Waals surface area contributed by atoms with Crippen LogP contribution in [0.5, 0.6) is 0 Å². The van der Waals surface area contributed by atoms with Gasteiger partial charge in [0.05, 0.1) is 17.6 Å². The van der Waals surface area contributed by atoms with Crippen LogP contribution in [0.4, 0.5) is 5.69 Å². The SMILES string of the molecule is CC(C)c1nc2cc(N)ccc2n1Cc1ccon1. The summed E-state index contributed by atoms with van der Waals surface area (Å²) in [4.78, 5) is 4.68. The van der Waals surface area contributed by atoms with Crippen molar-refractivity contribution in [3.05, 3.63) is 42.0 Å². The number of anilines is 1. The molecule has 5 heteroatoms. The van der Waals surface area contributed by atoms with Gasteiger partial charge in [0.2, 0.25) is 0 Å². The smallest absolute Gasteiger partial charge is 0.124 e. The van der Waals surface area contributed by atoms with E-state index >= 15 is 0 Å². The number of benzene rings is 1. The first kappa shape index (κ1) is 11.8. The van der Waals surface area contributed by atoms with Gasteiger partial charge < -0.3 is 14.8 Å². The number of rotatable bonds is 3. The normalized spacial score (nSPS) is 11.5. The predicted molar refractivity (Wildman–Crippen MR) is 73.8 cm³/mol. The summed E-state index contributed by atoms with van der Waals surface area (Å²) in [7, 11) is 0. The lowest BCUT2D eigenvalue weighted by Crippen LogP contribution is -2.06. The molecule has 2 N–H and O–H groups in total. The van der Waals surface area contributed by atoms with Crippen LogP contribution in [0, 0.1) is 0 Å². The van der Waals surface area contributed by atoms with E-state index in [1.54, 1.807) is 6.26 Å². The molecule has 0 saturated carbocycles. The van der Waals surface area contributed by atoms with E-state index in [1.807, 2.05) is 24.3 Å². The standard InChI is InChI=1S/C14H16N4O/c1-9(2)14-16-12-7-10(15)3-4-13(12)18(14)8-11-5-6-19-17-11/h3-7,9H,8,15H2,1-2H3. The molecular formula is C14H16N4O. The fourth-order valence-corrected chi connectivity index (χ4v) is 2.25. The molecule has 1 aromatic carbocycles. The number of nitrogens with two attached hydrogens (primary N) is 1. The number of hydrogen-bond donors (Lipinski definition) is 1. The lowest BCUT2D eigenvalue weighted by molar-refractivity contribution is 0.409. The summed E-state index contributed by atoms with van der Waals surface area (Å²) in [6, 6.07) is 7.67. The van der Waals surface area contributed by atoms with Gasteiger partial charge in [0.1, 0.15) is 17.8 Å². The number of hydrogen-bond acceptors (Lipinski definition) is 4. The van der Waals surface area contributed by atoms with E-state index in [2.05, 4.69) is 28.6 Å². The van der Waals surface area contributed by atoms with Gasteiger partial charge in [0, 0.05) is 17.7 Å². The Labute approximate surface area is 111 Å². The van der Waals surface area contributed by atoms with E-state index in [4.69, 9.17) is 10.3 Å². The third kappa shape index (κ3) is 2.07. The first-order valence-corrected chi connectivity index (χ1v) is 6.30. The van der Waals surface area contributed by atoms with Gasteiger partial charge in [-0.1, -0.05) is 19.0 Å². The molecule has 0 radical (unpaired) electrons. The summed E-state index contributed by atoms with van der Waals surface area (Å²) in [6.07, 6.45) is 1.58. The average Bonchev–Trinajstić information content (AvgIpc) is 2.97. The number of nitrogen functional groups attached to an aromatic ring is 1. The second kappa shape index (κ2) is 4.42. The summed E-state index contributed by atoms with van der Waals surface area (Å²) in [5, 5.41) is 3.97. The number of nitrogens with zero attached hydrogens (tertiary/aromatic N) is 3. The molecule has 0 aliphatic rings. The molecule has 0 unspecified atom stereocenters. The van der Waals surface area contributed by atoms with E-state index in [-0.39, 0.29) is 0 Å². The molecule has 19 heavy (non-hydrogen) atoms. The summed E-state index contributed by atoms with van der Waals surface area (Å²) in [5.74, 6) is 1.36. The van der Waals surface area contributed by atoms with Crippen molar-refractivity contribution < 1.29 is 4.52 Å². The molecule has 2 aromatic heterocycles. The van der Waals surface area contributed by atoms with Crippen molar-refractivity contribution in [1.82, 2.24) is 14.7 Å². The molecule has 0 fully saturated rings. The van der Waals surface area contributed by atoms with Crippen molar-refractivity contribution >= 4 is 16.7 Å².